The van der Waals surface area contributed by atoms with Gasteiger partial charge in [-0.05, 0) is 30.3 Å². The highest BCUT2D eigenvalue weighted by Gasteiger charge is 2.35. The summed E-state index contributed by atoms with van der Waals surface area (Å²) < 4.78 is 45.3. The molecule has 0 spiro atoms. The number of alkyl halides is 3. The molecule has 28 heavy (non-hydrogen) atoms. The van der Waals surface area contributed by atoms with E-state index in [1.807, 2.05) is 0 Å². The van der Waals surface area contributed by atoms with Crippen LogP contribution in [-0.4, -0.2) is 14.1 Å². The van der Waals surface area contributed by atoms with Gasteiger partial charge in [-0.25, -0.2) is 14.3 Å². The normalized spacial score (nSPS) is 11.5. The molecule has 0 fully saturated rings. The van der Waals surface area contributed by atoms with Gasteiger partial charge in [-0.2, -0.15) is 13.2 Å². The fourth-order valence-corrected chi connectivity index (χ4v) is 2.60. The van der Waals surface area contributed by atoms with Crippen molar-refractivity contribution in [1.29, 1.82) is 0 Å². The smallest absolute Gasteiger partial charge is 0.431 e. The molecule has 3 aromatic rings. The third kappa shape index (κ3) is 4.09. The van der Waals surface area contributed by atoms with Gasteiger partial charge in [0.2, 0.25) is 0 Å². The van der Waals surface area contributed by atoms with Crippen LogP contribution in [0.5, 0.6) is 5.75 Å². The summed E-state index contributed by atoms with van der Waals surface area (Å²) in [5, 5.41) is 0.358. The molecule has 10 heteroatoms. The molecule has 0 unspecified atom stereocenters. The second-order valence-electron chi connectivity index (χ2n) is 5.81. The van der Waals surface area contributed by atoms with Crippen LogP contribution in [0.15, 0.2) is 58.3 Å². The maximum absolute atomic E-state index is 12.9. The summed E-state index contributed by atoms with van der Waals surface area (Å²) in [7, 11) is 0.957. The Morgan fingerprint density at radius 2 is 1.79 bits per heavy atom. The zero-order valence-corrected chi connectivity index (χ0v) is 15.2. The molecule has 0 atom stereocenters. The third-order valence-corrected chi connectivity index (χ3v) is 4.12. The molecular formula is C18H13ClF3N3O3. The number of hydrogen-bond donors (Lipinski definition) is 0. The van der Waals surface area contributed by atoms with E-state index in [0.29, 0.717) is 26.1 Å². The molecule has 6 nitrogen and oxygen atoms in total. The quantitative estimate of drug-likeness (QED) is 0.618. The Morgan fingerprint density at radius 1 is 1.11 bits per heavy atom. The zero-order valence-electron chi connectivity index (χ0n) is 14.4. The largest absolute Gasteiger partial charge is 0.489 e. The first-order valence-electron chi connectivity index (χ1n) is 7.91. The van der Waals surface area contributed by atoms with E-state index in [4.69, 9.17) is 16.3 Å². The molecule has 0 saturated carbocycles. The molecule has 146 valence electrons. The molecule has 2 aromatic heterocycles. The highest BCUT2D eigenvalue weighted by atomic mass is 35.5. The van der Waals surface area contributed by atoms with Crippen molar-refractivity contribution < 1.29 is 17.9 Å². The number of benzene rings is 1. The van der Waals surface area contributed by atoms with Crippen molar-refractivity contribution >= 4 is 11.6 Å². The van der Waals surface area contributed by atoms with Gasteiger partial charge < -0.3 is 4.74 Å². The number of halogens is 4. The molecule has 0 amide bonds. The molecule has 0 saturated heterocycles. The number of hydrogen-bond acceptors (Lipinski definition) is 4. The second-order valence-corrected chi connectivity index (χ2v) is 6.20. The molecule has 0 radical (unpaired) electrons. The fourth-order valence-electron chi connectivity index (χ4n) is 2.49. The van der Waals surface area contributed by atoms with Gasteiger partial charge in [0.05, 0.1) is 5.69 Å². The van der Waals surface area contributed by atoms with Crippen LogP contribution in [0.25, 0.3) is 5.69 Å². The van der Waals surface area contributed by atoms with Crippen molar-refractivity contribution in [2.45, 2.75) is 12.8 Å². The van der Waals surface area contributed by atoms with Crippen molar-refractivity contribution in [3.8, 4) is 11.4 Å². The predicted octanol–water partition coefficient (Wildman–Crippen LogP) is 3.18. The van der Waals surface area contributed by atoms with Gasteiger partial charge in [-0.15, -0.1) is 0 Å². The lowest BCUT2D eigenvalue weighted by Gasteiger charge is -2.14. The third-order valence-electron chi connectivity index (χ3n) is 3.90. The van der Waals surface area contributed by atoms with Gasteiger partial charge in [0, 0.05) is 24.9 Å². The van der Waals surface area contributed by atoms with Gasteiger partial charge in [-0.3, -0.25) is 9.36 Å². The second kappa shape index (κ2) is 7.51. The number of pyridine rings is 1. The summed E-state index contributed by atoms with van der Waals surface area (Å²) >= 11 is 5.71. The molecule has 3 rings (SSSR count). The van der Waals surface area contributed by atoms with Crippen LogP contribution in [0.3, 0.4) is 0 Å². The maximum atomic E-state index is 12.9. The van der Waals surface area contributed by atoms with Gasteiger partial charge in [0.15, 0.2) is 0 Å². The fraction of sp³-hybridized carbons (Fsp3) is 0.167. The number of rotatable bonds is 4. The van der Waals surface area contributed by atoms with E-state index in [2.05, 4.69) is 4.98 Å². The average Bonchev–Trinajstić information content (AvgIpc) is 2.64. The predicted molar refractivity (Wildman–Crippen MR) is 95.9 cm³/mol. The van der Waals surface area contributed by atoms with Gasteiger partial charge in [0.1, 0.15) is 23.2 Å². The summed E-state index contributed by atoms with van der Waals surface area (Å²) in [6, 6.07) is 9.58. The van der Waals surface area contributed by atoms with E-state index in [9.17, 15) is 22.8 Å². The molecule has 0 aliphatic rings. The minimum absolute atomic E-state index is 0.125. The van der Waals surface area contributed by atoms with Crippen LogP contribution in [0.2, 0.25) is 5.15 Å². The van der Waals surface area contributed by atoms with Crippen LogP contribution < -0.4 is 16.0 Å². The SMILES string of the molecule is Cn1c(C(F)(F)F)cc(=O)n(-c2ccc(OCc3ccc(Cl)nc3)cc2)c1=O. The van der Waals surface area contributed by atoms with Crippen molar-refractivity contribution in [3.63, 3.8) is 0 Å². The number of ether oxygens (including phenoxy) is 1. The van der Waals surface area contributed by atoms with E-state index in [1.54, 1.807) is 18.3 Å². The Bertz CT molecular complexity index is 1100. The van der Waals surface area contributed by atoms with Crippen molar-refractivity contribution in [1.82, 2.24) is 14.1 Å². The zero-order chi connectivity index (χ0) is 20.5. The highest BCUT2D eigenvalue weighted by molar-refractivity contribution is 6.29. The summed E-state index contributed by atoms with van der Waals surface area (Å²) in [5.74, 6) is 0.440. The first-order valence-corrected chi connectivity index (χ1v) is 8.28. The van der Waals surface area contributed by atoms with Crippen LogP contribution in [0.1, 0.15) is 11.3 Å². The Hall–Kier alpha value is -3.07. The first-order chi connectivity index (χ1) is 13.2. The van der Waals surface area contributed by atoms with Crippen LogP contribution >= 0.6 is 11.6 Å². The van der Waals surface area contributed by atoms with E-state index < -0.39 is 23.1 Å². The Morgan fingerprint density at radius 3 is 2.36 bits per heavy atom. The molecule has 0 aliphatic heterocycles. The van der Waals surface area contributed by atoms with E-state index in [-0.39, 0.29) is 12.3 Å². The van der Waals surface area contributed by atoms with Crippen LogP contribution in [0, 0.1) is 0 Å². The minimum Gasteiger partial charge on any atom is -0.489 e. The molecule has 0 aliphatic carbocycles. The summed E-state index contributed by atoms with van der Waals surface area (Å²) in [6.07, 6.45) is -3.25. The molecule has 1 aromatic carbocycles. The van der Waals surface area contributed by atoms with E-state index in [1.165, 1.54) is 24.3 Å². The Balaban J connectivity index is 1.85. The van der Waals surface area contributed by atoms with Crippen molar-refractivity contribution in [2.75, 3.05) is 0 Å². The van der Waals surface area contributed by atoms with E-state index in [0.717, 1.165) is 12.6 Å². The molecule has 2 heterocycles. The Kier molecular flexibility index (Phi) is 5.28. The Labute approximate surface area is 161 Å². The summed E-state index contributed by atoms with van der Waals surface area (Å²) in [5.41, 5.74) is -2.58. The summed E-state index contributed by atoms with van der Waals surface area (Å²) in [4.78, 5) is 28.3. The molecule has 0 bridgehead atoms. The van der Waals surface area contributed by atoms with E-state index >= 15 is 0 Å². The number of aromatic nitrogens is 3. The average molecular weight is 412 g/mol. The number of nitrogens with zero attached hydrogens (tertiary/aromatic N) is 3. The van der Waals surface area contributed by atoms with Gasteiger partial charge in [-0.1, -0.05) is 17.7 Å². The molecule has 0 N–H and O–H groups in total. The topological polar surface area (TPSA) is 66.1 Å². The van der Waals surface area contributed by atoms with Gasteiger partial charge >= 0.3 is 11.9 Å². The standard InChI is InChI=1S/C18H13ClF3N3O3/c1-24-14(18(20,21)22)8-16(26)25(17(24)27)12-3-5-13(6-4-12)28-10-11-2-7-15(19)23-9-11/h2-9H,10H2,1H3. The summed E-state index contributed by atoms with van der Waals surface area (Å²) in [6.45, 7) is 0.214. The van der Waals surface area contributed by atoms with Crippen molar-refractivity contribution in [2.24, 2.45) is 7.05 Å². The minimum atomic E-state index is -4.81. The lowest BCUT2D eigenvalue weighted by atomic mass is 10.2. The van der Waals surface area contributed by atoms with Gasteiger partial charge in [0.25, 0.3) is 5.56 Å². The van der Waals surface area contributed by atoms with Crippen LogP contribution in [-0.2, 0) is 19.8 Å². The lowest BCUT2D eigenvalue weighted by molar-refractivity contribution is -0.144. The highest BCUT2D eigenvalue weighted by Crippen LogP contribution is 2.27. The molecular weight excluding hydrogens is 399 g/mol. The first kappa shape index (κ1) is 19.7. The monoisotopic (exact) mass is 411 g/mol. The lowest BCUT2D eigenvalue weighted by Crippen LogP contribution is -2.40. The van der Waals surface area contributed by atoms with Crippen molar-refractivity contribution in [3.05, 3.63) is 85.9 Å². The van der Waals surface area contributed by atoms with Crippen LogP contribution in [0.4, 0.5) is 13.2 Å². The maximum Gasteiger partial charge on any atom is 0.431 e.